The van der Waals surface area contributed by atoms with Gasteiger partial charge in [0.1, 0.15) is 0 Å². The maximum Gasteiger partial charge on any atom is 0.273 e. The van der Waals surface area contributed by atoms with Gasteiger partial charge in [-0.2, -0.15) is 0 Å². The van der Waals surface area contributed by atoms with Crippen LogP contribution in [0.4, 0.5) is 0 Å². The van der Waals surface area contributed by atoms with Crippen molar-refractivity contribution in [1.29, 1.82) is 0 Å². The summed E-state index contributed by atoms with van der Waals surface area (Å²) in [6.45, 7) is 5.62. The van der Waals surface area contributed by atoms with Crippen molar-refractivity contribution in [3.8, 4) is 0 Å². The van der Waals surface area contributed by atoms with Gasteiger partial charge in [-0.3, -0.25) is 20.0 Å². The number of pyridine rings is 1. The standard InChI is InChI=1S/C21H21N3O2/c1-21(2,3)24(23-19(25)15-9-5-4-6-10-15)20(26)17-11-7-13-18-16(17)12-8-14-22-18/h4-14H,1-3H3,(H,23,25). The molecule has 2 aromatic carbocycles. The maximum absolute atomic E-state index is 13.3. The van der Waals surface area contributed by atoms with Crippen molar-refractivity contribution in [2.75, 3.05) is 0 Å². The number of fused-ring (bicyclic) bond motifs is 1. The molecular formula is C21H21N3O2. The molecule has 0 saturated carbocycles. The zero-order valence-corrected chi connectivity index (χ0v) is 15.1. The molecule has 3 aromatic rings. The van der Waals surface area contributed by atoms with Crippen molar-refractivity contribution in [2.45, 2.75) is 26.3 Å². The number of hydrazine groups is 1. The van der Waals surface area contributed by atoms with E-state index in [0.717, 1.165) is 10.9 Å². The number of rotatable bonds is 2. The van der Waals surface area contributed by atoms with Crippen LogP contribution < -0.4 is 5.43 Å². The predicted octanol–water partition coefficient (Wildman–Crippen LogP) is 3.82. The van der Waals surface area contributed by atoms with E-state index in [1.165, 1.54) is 5.01 Å². The Kier molecular flexibility index (Phi) is 4.71. The fourth-order valence-corrected chi connectivity index (χ4v) is 2.69. The van der Waals surface area contributed by atoms with Gasteiger partial charge >= 0.3 is 0 Å². The van der Waals surface area contributed by atoms with Crippen LogP contribution in [0.2, 0.25) is 0 Å². The van der Waals surface area contributed by atoms with Gasteiger partial charge in [0.05, 0.1) is 16.6 Å². The molecule has 0 aliphatic heterocycles. The van der Waals surface area contributed by atoms with E-state index in [2.05, 4.69) is 10.4 Å². The lowest BCUT2D eigenvalue weighted by atomic mass is 10.0. The van der Waals surface area contributed by atoms with E-state index in [1.807, 2.05) is 39.0 Å². The topological polar surface area (TPSA) is 62.3 Å². The largest absolute Gasteiger partial charge is 0.273 e. The van der Waals surface area contributed by atoms with E-state index in [9.17, 15) is 9.59 Å². The molecule has 3 rings (SSSR count). The Morgan fingerprint density at radius 1 is 0.923 bits per heavy atom. The molecule has 0 unspecified atom stereocenters. The Morgan fingerprint density at radius 3 is 2.35 bits per heavy atom. The first kappa shape index (κ1) is 17.6. The number of hydrogen-bond donors (Lipinski definition) is 1. The number of carbonyl (C=O) groups excluding carboxylic acids is 2. The first-order valence-corrected chi connectivity index (χ1v) is 8.42. The molecule has 0 bridgehead atoms. The zero-order valence-electron chi connectivity index (χ0n) is 15.1. The molecular weight excluding hydrogens is 326 g/mol. The molecule has 1 aromatic heterocycles. The Balaban J connectivity index is 1.98. The second-order valence-corrected chi connectivity index (χ2v) is 6.99. The summed E-state index contributed by atoms with van der Waals surface area (Å²) in [7, 11) is 0. The van der Waals surface area contributed by atoms with Gasteiger partial charge in [-0.15, -0.1) is 0 Å². The quantitative estimate of drug-likeness (QED) is 0.717. The van der Waals surface area contributed by atoms with Crippen molar-refractivity contribution in [1.82, 2.24) is 15.4 Å². The second-order valence-electron chi connectivity index (χ2n) is 6.99. The van der Waals surface area contributed by atoms with E-state index in [1.54, 1.807) is 48.7 Å². The lowest BCUT2D eigenvalue weighted by molar-refractivity contribution is 0.0360. The third-order valence-corrected chi connectivity index (χ3v) is 4.00. The van der Waals surface area contributed by atoms with Crippen LogP contribution in [0, 0.1) is 0 Å². The molecule has 5 nitrogen and oxygen atoms in total. The highest BCUT2D eigenvalue weighted by Gasteiger charge is 2.30. The maximum atomic E-state index is 13.3. The minimum absolute atomic E-state index is 0.277. The van der Waals surface area contributed by atoms with Crippen LogP contribution in [0.15, 0.2) is 66.9 Å². The third kappa shape index (κ3) is 3.57. The van der Waals surface area contributed by atoms with Crippen LogP contribution >= 0.6 is 0 Å². The Bertz CT molecular complexity index is 941. The average molecular weight is 347 g/mol. The molecule has 0 saturated heterocycles. The van der Waals surface area contributed by atoms with Crippen molar-refractivity contribution in [3.63, 3.8) is 0 Å². The zero-order chi connectivity index (χ0) is 18.7. The molecule has 0 spiro atoms. The number of amides is 2. The van der Waals surface area contributed by atoms with Gasteiger partial charge in [0.15, 0.2) is 0 Å². The third-order valence-electron chi connectivity index (χ3n) is 4.00. The average Bonchev–Trinajstić information content (AvgIpc) is 2.64. The molecule has 0 aliphatic rings. The number of nitrogens with zero attached hydrogens (tertiary/aromatic N) is 2. The molecule has 2 amide bonds. The fourth-order valence-electron chi connectivity index (χ4n) is 2.69. The summed E-state index contributed by atoms with van der Waals surface area (Å²) in [5, 5.41) is 2.13. The van der Waals surface area contributed by atoms with Crippen LogP contribution in [0.3, 0.4) is 0 Å². The molecule has 0 aliphatic carbocycles. The van der Waals surface area contributed by atoms with Crippen LogP contribution in [0.25, 0.3) is 10.9 Å². The highest BCUT2D eigenvalue weighted by Crippen LogP contribution is 2.21. The van der Waals surface area contributed by atoms with Gasteiger partial charge in [-0.1, -0.05) is 30.3 Å². The monoisotopic (exact) mass is 347 g/mol. The highest BCUT2D eigenvalue weighted by atomic mass is 16.2. The summed E-state index contributed by atoms with van der Waals surface area (Å²) in [6.07, 6.45) is 1.69. The van der Waals surface area contributed by atoms with Crippen molar-refractivity contribution in [2.24, 2.45) is 0 Å². The van der Waals surface area contributed by atoms with Gasteiger partial charge in [0, 0.05) is 17.1 Å². The van der Waals surface area contributed by atoms with E-state index >= 15 is 0 Å². The van der Waals surface area contributed by atoms with Gasteiger partial charge in [-0.05, 0) is 51.1 Å². The van der Waals surface area contributed by atoms with E-state index in [-0.39, 0.29) is 11.8 Å². The Hall–Kier alpha value is -3.21. The summed E-state index contributed by atoms with van der Waals surface area (Å²) in [4.78, 5) is 30.1. The van der Waals surface area contributed by atoms with Crippen molar-refractivity contribution in [3.05, 3.63) is 78.0 Å². The van der Waals surface area contributed by atoms with Crippen molar-refractivity contribution >= 4 is 22.7 Å². The first-order valence-electron chi connectivity index (χ1n) is 8.42. The van der Waals surface area contributed by atoms with Gasteiger partial charge in [0.25, 0.3) is 11.8 Å². The number of carbonyl (C=O) groups is 2. The lowest BCUT2D eigenvalue weighted by Gasteiger charge is -2.35. The summed E-state index contributed by atoms with van der Waals surface area (Å²) in [5.41, 5.74) is 3.89. The smallest absolute Gasteiger partial charge is 0.267 e. The Labute approximate surface area is 152 Å². The van der Waals surface area contributed by atoms with Crippen LogP contribution in [0.5, 0.6) is 0 Å². The first-order chi connectivity index (χ1) is 12.4. The van der Waals surface area contributed by atoms with E-state index in [0.29, 0.717) is 11.1 Å². The van der Waals surface area contributed by atoms with Crippen LogP contribution in [-0.4, -0.2) is 27.3 Å². The molecule has 0 fully saturated rings. The lowest BCUT2D eigenvalue weighted by Crippen LogP contribution is -2.55. The molecule has 1 heterocycles. The van der Waals surface area contributed by atoms with Crippen LogP contribution in [-0.2, 0) is 0 Å². The SMILES string of the molecule is CC(C)(C)N(NC(=O)c1ccccc1)C(=O)c1cccc2ncccc12. The summed E-state index contributed by atoms with van der Waals surface area (Å²) in [6, 6.07) is 17.9. The molecule has 5 heteroatoms. The van der Waals surface area contributed by atoms with Gasteiger partial charge < -0.3 is 0 Å². The van der Waals surface area contributed by atoms with Gasteiger partial charge in [0.2, 0.25) is 0 Å². The second kappa shape index (κ2) is 6.96. The minimum Gasteiger partial charge on any atom is -0.267 e. The van der Waals surface area contributed by atoms with E-state index < -0.39 is 5.54 Å². The number of benzene rings is 2. The van der Waals surface area contributed by atoms with E-state index in [4.69, 9.17) is 0 Å². The van der Waals surface area contributed by atoms with Crippen molar-refractivity contribution < 1.29 is 9.59 Å². The van der Waals surface area contributed by atoms with Crippen LogP contribution in [0.1, 0.15) is 41.5 Å². The molecule has 0 atom stereocenters. The normalized spacial score (nSPS) is 11.2. The predicted molar refractivity (Wildman–Crippen MR) is 102 cm³/mol. The number of aromatic nitrogens is 1. The summed E-state index contributed by atoms with van der Waals surface area (Å²) >= 11 is 0. The molecule has 1 N–H and O–H groups in total. The molecule has 26 heavy (non-hydrogen) atoms. The fraction of sp³-hybridized carbons (Fsp3) is 0.190. The molecule has 0 radical (unpaired) electrons. The Morgan fingerprint density at radius 2 is 1.65 bits per heavy atom. The summed E-state index contributed by atoms with van der Waals surface area (Å²) < 4.78 is 0. The number of nitrogens with one attached hydrogen (secondary N) is 1. The molecule has 132 valence electrons. The minimum atomic E-state index is -0.605. The van der Waals surface area contributed by atoms with Gasteiger partial charge in [-0.25, -0.2) is 5.01 Å². The number of hydrogen-bond acceptors (Lipinski definition) is 3. The summed E-state index contributed by atoms with van der Waals surface area (Å²) in [5.74, 6) is -0.604. The highest BCUT2D eigenvalue weighted by molar-refractivity contribution is 6.07.